The normalized spacial score (nSPS) is 19.0. The lowest BCUT2D eigenvalue weighted by atomic mass is 9.92. The number of hydrogen-bond acceptors (Lipinski definition) is 3. The van der Waals surface area contributed by atoms with Crippen LogP contribution < -0.4 is 5.32 Å². The van der Waals surface area contributed by atoms with Gasteiger partial charge in [-0.05, 0) is 30.7 Å². The molecule has 21 heavy (non-hydrogen) atoms. The summed E-state index contributed by atoms with van der Waals surface area (Å²) in [5, 5.41) is 9.09. The Kier molecular flexibility index (Phi) is 4.14. The van der Waals surface area contributed by atoms with E-state index in [2.05, 4.69) is 44.8 Å². The van der Waals surface area contributed by atoms with Crippen molar-refractivity contribution in [2.75, 3.05) is 18.4 Å². The van der Waals surface area contributed by atoms with E-state index in [0.717, 1.165) is 32.4 Å². The third-order valence-electron chi connectivity index (χ3n) is 3.93. The van der Waals surface area contributed by atoms with Crippen molar-refractivity contribution in [1.29, 1.82) is 0 Å². The van der Waals surface area contributed by atoms with Gasteiger partial charge in [-0.15, -0.1) is 0 Å². The smallest absolute Gasteiger partial charge is 0.324 e. The van der Waals surface area contributed by atoms with Crippen LogP contribution in [0.4, 0.5) is 10.7 Å². The van der Waals surface area contributed by atoms with Gasteiger partial charge in [-0.1, -0.05) is 30.3 Å². The number of rotatable bonds is 2. The average molecular weight is 285 g/mol. The third kappa shape index (κ3) is 3.39. The van der Waals surface area contributed by atoms with Crippen molar-refractivity contribution in [2.24, 2.45) is 0 Å². The second-order valence-electron chi connectivity index (χ2n) is 5.29. The highest BCUT2D eigenvalue weighted by Crippen LogP contribution is 2.27. The first kappa shape index (κ1) is 13.6. The van der Waals surface area contributed by atoms with E-state index in [1.165, 1.54) is 11.9 Å². The van der Waals surface area contributed by atoms with E-state index in [1.807, 2.05) is 11.0 Å². The second kappa shape index (κ2) is 6.39. The number of amides is 2. The Morgan fingerprint density at radius 2 is 2.10 bits per heavy atom. The molecule has 1 unspecified atom stereocenters. The van der Waals surface area contributed by atoms with Crippen LogP contribution in [0.5, 0.6) is 0 Å². The quantitative estimate of drug-likeness (QED) is 0.890. The fraction of sp³-hybridized carbons (Fsp3) is 0.400. The Morgan fingerprint density at radius 3 is 2.86 bits per heavy atom. The summed E-state index contributed by atoms with van der Waals surface area (Å²) in [6.07, 6.45) is 4.51. The largest absolute Gasteiger partial charge is 0.324 e. The summed E-state index contributed by atoms with van der Waals surface area (Å²) in [7, 11) is 0. The number of H-pyrrole nitrogens is 1. The van der Waals surface area contributed by atoms with Crippen LogP contribution in [-0.2, 0) is 0 Å². The van der Waals surface area contributed by atoms with Crippen molar-refractivity contribution in [1.82, 2.24) is 20.1 Å². The Balaban J connectivity index is 1.59. The lowest BCUT2D eigenvalue weighted by molar-refractivity contribution is 0.213. The van der Waals surface area contributed by atoms with Crippen molar-refractivity contribution >= 4 is 12.0 Å². The van der Waals surface area contributed by atoms with E-state index in [-0.39, 0.29) is 6.03 Å². The first-order chi connectivity index (χ1) is 10.3. The lowest BCUT2D eigenvalue weighted by Crippen LogP contribution is -2.36. The maximum Gasteiger partial charge on any atom is 0.324 e. The summed E-state index contributed by atoms with van der Waals surface area (Å²) in [5.74, 6) is 0.929. The van der Waals surface area contributed by atoms with Gasteiger partial charge in [0.05, 0.1) is 0 Å². The number of aromatic nitrogens is 3. The summed E-state index contributed by atoms with van der Waals surface area (Å²) in [5.41, 5.74) is 1.37. The molecule has 1 saturated heterocycles. The highest BCUT2D eigenvalue weighted by molar-refractivity contribution is 5.87. The number of anilines is 1. The molecule has 0 saturated carbocycles. The zero-order valence-corrected chi connectivity index (χ0v) is 11.8. The molecule has 0 spiro atoms. The molecule has 2 N–H and O–H groups in total. The minimum absolute atomic E-state index is 0.111. The van der Waals surface area contributed by atoms with Crippen LogP contribution >= 0.6 is 0 Å². The van der Waals surface area contributed by atoms with Crippen LogP contribution in [0, 0.1) is 0 Å². The van der Waals surface area contributed by atoms with E-state index >= 15 is 0 Å². The van der Waals surface area contributed by atoms with Gasteiger partial charge in [0, 0.05) is 13.1 Å². The molecule has 1 aromatic heterocycles. The van der Waals surface area contributed by atoms with Crippen LogP contribution in [-0.4, -0.2) is 39.2 Å². The minimum atomic E-state index is -0.111. The Morgan fingerprint density at radius 1 is 1.24 bits per heavy atom. The molecule has 3 rings (SSSR count). The fourth-order valence-electron chi connectivity index (χ4n) is 2.80. The first-order valence-corrected chi connectivity index (χ1v) is 7.29. The predicted molar refractivity (Wildman–Crippen MR) is 80.0 cm³/mol. The zero-order chi connectivity index (χ0) is 14.5. The minimum Gasteiger partial charge on any atom is -0.324 e. The number of urea groups is 1. The van der Waals surface area contributed by atoms with Crippen LogP contribution in [0.15, 0.2) is 36.7 Å². The molecule has 2 amide bonds. The maximum absolute atomic E-state index is 12.2. The van der Waals surface area contributed by atoms with Gasteiger partial charge in [-0.25, -0.2) is 9.89 Å². The molecule has 6 heteroatoms. The number of hydrogen-bond donors (Lipinski definition) is 2. The van der Waals surface area contributed by atoms with Crippen molar-refractivity contribution in [3.63, 3.8) is 0 Å². The lowest BCUT2D eigenvalue weighted by Gasteiger charge is -2.20. The van der Waals surface area contributed by atoms with Gasteiger partial charge < -0.3 is 4.90 Å². The van der Waals surface area contributed by atoms with Gasteiger partial charge in [0.15, 0.2) is 0 Å². The van der Waals surface area contributed by atoms with Gasteiger partial charge in [-0.3, -0.25) is 5.32 Å². The molecule has 0 radical (unpaired) electrons. The van der Waals surface area contributed by atoms with Gasteiger partial charge in [-0.2, -0.15) is 10.1 Å². The number of aromatic amines is 1. The van der Waals surface area contributed by atoms with Crippen LogP contribution in [0.2, 0.25) is 0 Å². The van der Waals surface area contributed by atoms with E-state index in [0.29, 0.717) is 11.9 Å². The van der Waals surface area contributed by atoms with Gasteiger partial charge in [0.25, 0.3) is 0 Å². The molecule has 1 aromatic carbocycles. The summed E-state index contributed by atoms with van der Waals surface area (Å²) in [4.78, 5) is 18.0. The summed E-state index contributed by atoms with van der Waals surface area (Å²) in [6.45, 7) is 1.54. The van der Waals surface area contributed by atoms with Gasteiger partial charge >= 0.3 is 6.03 Å². The number of nitrogens with one attached hydrogen (secondary N) is 2. The first-order valence-electron chi connectivity index (χ1n) is 7.29. The van der Waals surface area contributed by atoms with E-state index in [1.54, 1.807) is 0 Å². The number of nitrogens with zero attached hydrogens (tertiary/aromatic N) is 3. The van der Waals surface area contributed by atoms with Crippen LogP contribution in [0.3, 0.4) is 0 Å². The number of likely N-dealkylation sites (tertiary alicyclic amines) is 1. The molecule has 1 aliphatic heterocycles. The molecule has 2 heterocycles. The molecule has 1 fully saturated rings. The monoisotopic (exact) mass is 285 g/mol. The van der Waals surface area contributed by atoms with Gasteiger partial charge in [0.1, 0.15) is 6.33 Å². The van der Waals surface area contributed by atoms with Crippen molar-refractivity contribution in [3.8, 4) is 0 Å². The van der Waals surface area contributed by atoms with E-state index < -0.39 is 0 Å². The summed E-state index contributed by atoms with van der Waals surface area (Å²) < 4.78 is 0. The highest BCUT2D eigenvalue weighted by Gasteiger charge is 2.21. The van der Waals surface area contributed by atoms with Crippen molar-refractivity contribution in [3.05, 3.63) is 42.2 Å². The molecule has 1 aliphatic rings. The second-order valence-corrected chi connectivity index (χ2v) is 5.29. The Hall–Kier alpha value is -2.37. The Bertz CT molecular complexity index is 569. The third-order valence-corrected chi connectivity index (χ3v) is 3.93. The topological polar surface area (TPSA) is 73.9 Å². The molecule has 0 aliphatic carbocycles. The van der Waals surface area contributed by atoms with Crippen molar-refractivity contribution in [2.45, 2.75) is 25.2 Å². The van der Waals surface area contributed by atoms with Crippen LogP contribution in [0.1, 0.15) is 30.7 Å². The highest BCUT2D eigenvalue weighted by atomic mass is 16.2. The molecular formula is C15H19N5O. The fourth-order valence-corrected chi connectivity index (χ4v) is 2.80. The standard InChI is InChI=1S/C15H19N5O/c21-15(18-14-16-11-17-19-14)20-9-4-7-13(8-10-20)12-5-2-1-3-6-12/h1-3,5-6,11,13H,4,7-10H2,(H2,16,17,18,19,21). The number of carbonyl (C=O) groups is 1. The summed E-state index contributed by atoms with van der Waals surface area (Å²) >= 11 is 0. The SMILES string of the molecule is O=C(Nc1ncn[nH]1)N1CCCC(c2ccccc2)CC1. The molecule has 2 aromatic rings. The summed E-state index contributed by atoms with van der Waals surface area (Å²) in [6, 6.07) is 10.4. The zero-order valence-electron chi connectivity index (χ0n) is 11.8. The molecule has 110 valence electrons. The molecular weight excluding hydrogens is 266 g/mol. The molecule has 0 bridgehead atoms. The Labute approximate surface area is 123 Å². The molecule has 6 nitrogen and oxygen atoms in total. The van der Waals surface area contributed by atoms with Crippen LogP contribution in [0.25, 0.3) is 0 Å². The van der Waals surface area contributed by atoms with Crippen molar-refractivity contribution < 1.29 is 4.79 Å². The number of carbonyl (C=O) groups excluding carboxylic acids is 1. The predicted octanol–water partition coefficient (Wildman–Crippen LogP) is 2.61. The molecule has 1 atom stereocenters. The maximum atomic E-state index is 12.2. The van der Waals surface area contributed by atoms with Gasteiger partial charge in [0.2, 0.25) is 5.95 Å². The van der Waals surface area contributed by atoms with E-state index in [9.17, 15) is 4.79 Å². The number of benzene rings is 1. The van der Waals surface area contributed by atoms with E-state index in [4.69, 9.17) is 0 Å². The average Bonchev–Trinajstić information content (AvgIpc) is 2.89.